The van der Waals surface area contributed by atoms with Crippen molar-refractivity contribution < 1.29 is 4.74 Å². The molecule has 0 aliphatic heterocycles. The summed E-state index contributed by atoms with van der Waals surface area (Å²) in [7, 11) is 1.70. The predicted octanol–water partition coefficient (Wildman–Crippen LogP) is 2.74. The molecule has 0 aliphatic carbocycles. The smallest absolute Gasteiger partial charge is 0.111 e. The van der Waals surface area contributed by atoms with Gasteiger partial charge in [-0.15, -0.1) is 0 Å². The van der Waals surface area contributed by atoms with E-state index in [4.69, 9.17) is 15.5 Å². The number of nitrogens with zero attached hydrogens (tertiary/aromatic N) is 2. The Hall–Kier alpha value is -1.39. The average Bonchev–Trinajstić information content (AvgIpc) is 2.77. The molecule has 1 aromatic heterocycles. The number of imidazole rings is 1. The Kier molecular flexibility index (Phi) is 4.45. The lowest BCUT2D eigenvalue weighted by Gasteiger charge is -2.30. The number of nitrogens with two attached hydrogens (primary N) is 1. The van der Waals surface area contributed by atoms with Crippen LogP contribution < -0.4 is 5.73 Å². The Morgan fingerprint density at radius 2 is 2.05 bits per heavy atom. The molecule has 0 spiro atoms. The molecular weight excluding hydrogens is 250 g/mol. The van der Waals surface area contributed by atoms with Crippen LogP contribution in [0.4, 0.5) is 0 Å². The highest BCUT2D eigenvalue weighted by Gasteiger charge is 2.27. The lowest BCUT2D eigenvalue weighted by molar-refractivity contribution is 0.000176. The van der Waals surface area contributed by atoms with Crippen LogP contribution in [0.5, 0.6) is 0 Å². The van der Waals surface area contributed by atoms with Crippen LogP contribution in [0, 0.1) is 0 Å². The minimum atomic E-state index is -0.352. The second kappa shape index (κ2) is 5.94. The summed E-state index contributed by atoms with van der Waals surface area (Å²) in [6.45, 7) is 7.18. The Morgan fingerprint density at radius 1 is 1.35 bits per heavy atom. The van der Waals surface area contributed by atoms with Crippen LogP contribution in [0.3, 0.4) is 0 Å². The van der Waals surface area contributed by atoms with Gasteiger partial charge in [0.25, 0.3) is 0 Å². The highest BCUT2D eigenvalue weighted by atomic mass is 16.5. The molecule has 110 valence electrons. The maximum atomic E-state index is 6.30. The molecular formula is C16H25N3O. The molecule has 1 aromatic carbocycles. The van der Waals surface area contributed by atoms with Gasteiger partial charge in [0.15, 0.2) is 0 Å². The molecule has 2 rings (SSSR count). The summed E-state index contributed by atoms with van der Waals surface area (Å²) in [4.78, 5) is 4.75. The van der Waals surface area contributed by atoms with Gasteiger partial charge in [-0.1, -0.05) is 19.1 Å². The zero-order valence-electron chi connectivity index (χ0n) is 12.9. The minimum Gasteiger partial charge on any atom is -0.377 e. The first-order chi connectivity index (χ1) is 9.49. The zero-order chi connectivity index (χ0) is 14.8. The third-order valence-electron chi connectivity index (χ3n) is 4.00. The summed E-state index contributed by atoms with van der Waals surface area (Å²) >= 11 is 0. The lowest BCUT2D eigenvalue weighted by atomic mass is 9.96. The van der Waals surface area contributed by atoms with Crippen molar-refractivity contribution in [3.8, 4) is 0 Å². The molecule has 0 saturated carbocycles. The van der Waals surface area contributed by atoms with Gasteiger partial charge in [0, 0.05) is 26.1 Å². The number of benzene rings is 1. The van der Waals surface area contributed by atoms with Gasteiger partial charge in [0.1, 0.15) is 5.82 Å². The number of para-hydroxylation sites is 2. The van der Waals surface area contributed by atoms with E-state index in [0.29, 0.717) is 0 Å². The van der Waals surface area contributed by atoms with Crippen LogP contribution in [0.1, 0.15) is 33.0 Å². The second-order valence-corrected chi connectivity index (χ2v) is 5.79. The van der Waals surface area contributed by atoms with Gasteiger partial charge in [-0.3, -0.25) is 0 Å². The second-order valence-electron chi connectivity index (χ2n) is 5.79. The number of hydrogen-bond donors (Lipinski definition) is 1. The summed E-state index contributed by atoms with van der Waals surface area (Å²) in [6, 6.07) is 8.17. The highest BCUT2D eigenvalue weighted by Crippen LogP contribution is 2.21. The maximum absolute atomic E-state index is 6.30. The van der Waals surface area contributed by atoms with Gasteiger partial charge in [-0.25, -0.2) is 4.98 Å². The molecule has 0 aliphatic rings. The summed E-state index contributed by atoms with van der Waals surface area (Å²) < 4.78 is 7.76. The molecule has 0 saturated heterocycles. The first-order valence-corrected chi connectivity index (χ1v) is 7.24. The SMILES string of the molecule is CCCn1c(CC(N)C(C)(C)OC)nc2ccccc21. The quantitative estimate of drug-likeness (QED) is 0.882. The van der Waals surface area contributed by atoms with Crippen LogP contribution in [0.15, 0.2) is 24.3 Å². The molecule has 2 N–H and O–H groups in total. The molecule has 2 aromatic rings. The van der Waals surface area contributed by atoms with E-state index in [9.17, 15) is 0 Å². The largest absolute Gasteiger partial charge is 0.377 e. The molecule has 4 nitrogen and oxygen atoms in total. The van der Waals surface area contributed by atoms with Crippen LogP contribution in [0.25, 0.3) is 11.0 Å². The monoisotopic (exact) mass is 275 g/mol. The van der Waals surface area contributed by atoms with Crippen molar-refractivity contribution in [2.75, 3.05) is 7.11 Å². The topological polar surface area (TPSA) is 53.1 Å². The number of rotatable bonds is 6. The van der Waals surface area contributed by atoms with Crippen LogP contribution >= 0.6 is 0 Å². The fraction of sp³-hybridized carbons (Fsp3) is 0.562. The number of hydrogen-bond acceptors (Lipinski definition) is 3. The highest BCUT2D eigenvalue weighted by molar-refractivity contribution is 5.75. The van der Waals surface area contributed by atoms with E-state index in [1.54, 1.807) is 7.11 Å². The van der Waals surface area contributed by atoms with E-state index >= 15 is 0 Å². The first kappa shape index (κ1) is 15.0. The van der Waals surface area contributed by atoms with Crippen LogP contribution in [0.2, 0.25) is 0 Å². The fourth-order valence-electron chi connectivity index (χ4n) is 2.35. The summed E-state index contributed by atoms with van der Waals surface area (Å²) in [5.41, 5.74) is 8.18. The molecule has 1 atom stereocenters. The van der Waals surface area contributed by atoms with E-state index in [-0.39, 0.29) is 11.6 Å². The standard InChI is InChI=1S/C16H25N3O/c1-5-10-19-13-9-7-6-8-12(13)18-15(19)11-14(17)16(2,3)20-4/h6-9,14H,5,10-11,17H2,1-4H3. The van der Waals surface area contributed by atoms with Gasteiger partial charge in [-0.05, 0) is 32.4 Å². The van der Waals surface area contributed by atoms with Crippen molar-refractivity contribution in [3.05, 3.63) is 30.1 Å². The van der Waals surface area contributed by atoms with Crippen molar-refractivity contribution >= 4 is 11.0 Å². The van der Waals surface area contributed by atoms with Crippen molar-refractivity contribution in [1.82, 2.24) is 9.55 Å². The molecule has 4 heteroatoms. The van der Waals surface area contributed by atoms with E-state index < -0.39 is 0 Å². The van der Waals surface area contributed by atoms with Gasteiger partial charge >= 0.3 is 0 Å². The van der Waals surface area contributed by atoms with Crippen molar-refractivity contribution in [2.45, 2.75) is 51.8 Å². The minimum absolute atomic E-state index is 0.0834. The maximum Gasteiger partial charge on any atom is 0.111 e. The fourth-order valence-corrected chi connectivity index (χ4v) is 2.35. The number of aromatic nitrogens is 2. The number of fused-ring (bicyclic) bond motifs is 1. The molecule has 1 heterocycles. The van der Waals surface area contributed by atoms with Crippen molar-refractivity contribution in [3.63, 3.8) is 0 Å². The van der Waals surface area contributed by atoms with Gasteiger partial charge in [-0.2, -0.15) is 0 Å². The molecule has 0 radical (unpaired) electrons. The van der Waals surface area contributed by atoms with Gasteiger partial charge < -0.3 is 15.0 Å². The molecule has 0 fully saturated rings. The predicted molar refractivity (Wildman–Crippen MR) is 82.8 cm³/mol. The van der Waals surface area contributed by atoms with Gasteiger partial charge in [0.05, 0.1) is 16.6 Å². The van der Waals surface area contributed by atoms with E-state index in [1.165, 1.54) is 5.52 Å². The number of methoxy groups -OCH3 is 1. The Balaban J connectivity index is 2.36. The summed E-state index contributed by atoms with van der Waals surface area (Å²) in [5, 5.41) is 0. The normalized spacial score (nSPS) is 13.8. The Labute approximate surface area is 120 Å². The number of ether oxygens (including phenoxy) is 1. The Morgan fingerprint density at radius 3 is 2.70 bits per heavy atom. The average molecular weight is 275 g/mol. The van der Waals surface area contributed by atoms with E-state index in [0.717, 1.165) is 30.7 Å². The van der Waals surface area contributed by atoms with E-state index in [2.05, 4.69) is 29.7 Å². The zero-order valence-corrected chi connectivity index (χ0v) is 12.9. The molecule has 0 amide bonds. The molecule has 20 heavy (non-hydrogen) atoms. The van der Waals surface area contributed by atoms with E-state index in [1.807, 2.05) is 19.9 Å². The van der Waals surface area contributed by atoms with Gasteiger partial charge in [0.2, 0.25) is 0 Å². The third-order valence-corrected chi connectivity index (χ3v) is 4.00. The van der Waals surface area contributed by atoms with Crippen molar-refractivity contribution in [1.29, 1.82) is 0 Å². The Bertz CT molecular complexity index is 574. The van der Waals surface area contributed by atoms with Crippen molar-refractivity contribution in [2.24, 2.45) is 5.73 Å². The lowest BCUT2D eigenvalue weighted by Crippen LogP contribution is -2.46. The summed E-state index contributed by atoms with van der Waals surface area (Å²) in [6.07, 6.45) is 1.80. The van der Waals surface area contributed by atoms with Crippen LogP contribution in [-0.4, -0.2) is 28.3 Å². The number of aryl methyl sites for hydroxylation is 1. The molecule has 0 bridgehead atoms. The van der Waals surface area contributed by atoms with Crippen LogP contribution in [-0.2, 0) is 17.7 Å². The molecule has 1 unspecified atom stereocenters. The summed E-state index contributed by atoms with van der Waals surface area (Å²) in [5.74, 6) is 1.05. The third kappa shape index (κ3) is 2.86. The first-order valence-electron chi connectivity index (χ1n) is 7.24.